The first-order valence-corrected chi connectivity index (χ1v) is 8.85. The molecule has 0 heterocycles. The van der Waals surface area contributed by atoms with Gasteiger partial charge in [0.15, 0.2) is 0 Å². The average Bonchev–Trinajstić information content (AvgIpc) is 2.55. The molecular formula is C23H30O2. The zero-order valence-electron chi connectivity index (χ0n) is 16.1. The van der Waals surface area contributed by atoms with Gasteiger partial charge in [0.05, 0.1) is 12.2 Å². The van der Waals surface area contributed by atoms with E-state index in [1.807, 2.05) is 38.1 Å². The zero-order chi connectivity index (χ0) is 18.7. The fourth-order valence-electron chi connectivity index (χ4n) is 2.35. The SMILES string of the molecule is CCOC(=O)c1ccccc1C=C(C)C=CC=C(C)CCC=C(C)C. The van der Waals surface area contributed by atoms with Crippen LogP contribution < -0.4 is 0 Å². The Hall–Kier alpha value is -2.35. The quantitative estimate of drug-likeness (QED) is 0.306. The van der Waals surface area contributed by atoms with Gasteiger partial charge in [0.1, 0.15) is 0 Å². The summed E-state index contributed by atoms with van der Waals surface area (Å²) < 4.78 is 5.12. The van der Waals surface area contributed by atoms with Gasteiger partial charge in [-0.25, -0.2) is 4.79 Å². The first kappa shape index (κ1) is 20.7. The van der Waals surface area contributed by atoms with Crippen molar-refractivity contribution in [3.05, 3.63) is 76.4 Å². The highest BCUT2D eigenvalue weighted by Crippen LogP contribution is 2.15. The first-order valence-electron chi connectivity index (χ1n) is 8.85. The van der Waals surface area contributed by atoms with Crippen molar-refractivity contribution in [2.24, 2.45) is 0 Å². The number of carbonyl (C=O) groups excluding carboxylic acids is 1. The van der Waals surface area contributed by atoms with Crippen LogP contribution in [0.4, 0.5) is 0 Å². The van der Waals surface area contributed by atoms with Crippen molar-refractivity contribution in [1.82, 2.24) is 0 Å². The minimum Gasteiger partial charge on any atom is -0.462 e. The Kier molecular flexibility index (Phi) is 9.31. The molecule has 1 rings (SSSR count). The van der Waals surface area contributed by atoms with Crippen LogP contribution in [0.25, 0.3) is 6.08 Å². The van der Waals surface area contributed by atoms with Crippen LogP contribution in [0.1, 0.15) is 63.4 Å². The van der Waals surface area contributed by atoms with E-state index in [-0.39, 0.29) is 5.97 Å². The van der Waals surface area contributed by atoms with Gasteiger partial charge in [-0.05, 0) is 59.1 Å². The van der Waals surface area contributed by atoms with Crippen molar-refractivity contribution in [3.8, 4) is 0 Å². The predicted octanol–water partition coefficient (Wildman–Crippen LogP) is 6.52. The molecule has 1 aromatic carbocycles. The Bertz CT molecular complexity index is 684. The topological polar surface area (TPSA) is 26.3 Å². The van der Waals surface area contributed by atoms with E-state index in [1.54, 1.807) is 6.07 Å². The summed E-state index contributed by atoms with van der Waals surface area (Å²) in [5, 5.41) is 0. The maximum absolute atomic E-state index is 12.0. The summed E-state index contributed by atoms with van der Waals surface area (Å²) in [4.78, 5) is 12.0. The molecule has 0 aromatic heterocycles. The van der Waals surface area contributed by atoms with Crippen molar-refractivity contribution < 1.29 is 9.53 Å². The number of esters is 1. The summed E-state index contributed by atoms with van der Waals surface area (Å²) in [5.41, 5.74) is 5.29. The summed E-state index contributed by atoms with van der Waals surface area (Å²) in [6.07, 6.45) is 12.7. The third-order valence-corrected chi connectivity index (χ3v) is 3.67. The summed E-state index contributed by atoms with van der Waals surface area (Å²) in [5.74, 6) is -0.277. The summed E-state index contributed by atoms with van der Waals surface area (Å²) in [7, 11) is 0. The molecule has 0 N–H and O–H groups in total. The maximum atomic E-state index is 12.0. The third-order valence-electron chi connectivity index (χ3n) is 3.67. The van der Waals surface area contributed by atoms with Crippen LogP contribution in [-0.4, -0.2) is 12.6 Å². The second kappa shape index (κ2) is 11.2. The predicted molar refractivity (Wildman–Crippen MR) is 108 cm³/mol. The molecule has 2 heteroatoms. The monoisotopic (exact) mass is 338 g/mol. The molecule has 1 aromatic rings. The summed E-state index contributed by atoms with van der Waals surface area (Å²) >= 11 is 0. The Morgan fingerprint density at radius 2 is 1.84 bits per heavy atom. The zero-order valence-corrected chi connectivity index (χ0v) is 16.1. The number of carbonyl (C=O) groups is 1. The fraction of sp³-hybridized carbons (Fsp3) is 0.348. The first-order chi connectivity index (χ1) is 11.9. The van der Waals surface area contributed by atoms with Crippen LogP contribution in [0.15, 0.2) is 65.3 Å². The maximum Gasteiger partial charge on any atom is 0.338 e. The van der Waals surface area contributed by atoms with Crippen molar-refractivity contribution in [1.29, 1.82) is 0 Å². The molecule has 0 aliphatic rings. The minimum absolute atomic E-state index is 0.277. The lowest BCUT2D eigenvalue weighted by molar-refractivity contribution is 0.0526. The molecule has 0 aliphatic carbocycles. The molecule has 0 fully saturated rings. The summed E-state index contributed by atoms with van der Waals surface area (Å²) in [6, 6.07) is 7.52. The normalized spacial score (nSPS) is 12.4. The molecule has 134 valence electrons. The van der Waals surface area contributed by atoms with Crippen molar-refractivity contribution in [2.75, 3.05) is 6.61 Å². The molecule has 0 spiro atoms. The van der Waals surface area contributed by atoms with Gasteiger partial charge in [-0.15, -0.1) is 0 Å². The van der Waals surface area contributed by atoms with Crippen LogP contribution in [0, 0.1) is 0 Å². The van der Waals surface area contributed by atoms with Gasteiger partial charge in [0, 0.05) is 0 Å². The van der Waals surface area contributed by atoms with E-state index < -0.39 is 0 Å². The number of hydrogen-bond donors (Lipinski definition) is 0. The molecule has 0 atom stereocenters. The van der Waals surface area contributed by atoms with Gasteiger partial charge in [0.2, 0.25) is 0 Å². The number of hydrogen-bond acceptors (Lipinski definition) is 2. The Morgan fingerprint density at radius 3 is 2.52 bits per heavy atom. The van der Waals surface area contributed by atoms with Crippen LogP contribution >= 0.6 is 0 Å². The van der Waals surface area contributed by atoms with Crippen molar-refractivity contribution >= 4 is 12.0 Å². The Labute approximate surface area is 152 Å². The van der Waals surface area contributed by atoms with E-state index in [0.29, 0.717) is 12.2 Å². The van der Waals surface area contributed by atoms with Crippen LogP contribution in [-0.2, 0) is 4.74 Å². The average molecular weight is 338 g/mol. The van der Waals surface area contributed by atoms with Gasteiger partial charge in [-0.3, -0.25) is 0 Å². The van der Waals surface area contributed by atoms with E-state index in [1.165, 1.54) is 11.1 Å². The molecule has 0 saturated carbocycles. The lowest BCUT2D eigenvalue weighted by atomic mass is 10.0. The molecule has 0 saturated heterocycles. The highest BCUT2D eigenvalue weighted by atomic mass is 16.5. The van der Waals surface area contributed by atoms with Gasteiger partial charge >= 0.3 is 5.97 Å². The Morgan fingerprint density at radius 1 is 1.12 bits per heavy atom. The van der Waals surface area contributed by atoms with Gasteiger partial charge < -0.3 is 4.74 Å². The largest absolute Gasteiger partial charge is 0.462 e. The molecule has 25 heavy (non-hydrogen) atoms. The molecule has 0 amide bonds. The van der Waals surface area contributed by atoms with Crippen LogP contribution in [0.3, 0.4) is 0 Å². The van der Waals surface area contributed by atoms with Gasteiger partial charge in [-0.2, -0.15) is 0 Å². The standard InChI is InChI=1S/C23H30O2/c1-6-25-23(24)22-16-8-7-15-21(22)17-20(5)14-10-13-19(4)12-9-11-18(2)3/h7-8,10-11,13-17H,6,9,12H2,1-5H3. The van der Waals surface area contributed by atoms with Crippen molar-refractivity contribution in [2.45, 2.75) is 47.5 Å². The number of rotatable bonds is 8. The highest BCUT2D eigenvalue weighted by molar-refractivity contribution is 5.93. The molecule has 0 aliphatic heterocycles. The second-order valence-electron chi connectivity index (χ2n) is 6.39. The van der Waals surface area contributed by atoms with Crippen LogP contribution in [0.5, 0.6) is 0 Å². The second-order valence-corrected chi connectivity index (χ2v) is 6.39. The minimum atomic E-state index is -0.277. The number of benzene rings is 1. The van der Waals surface area contributed by atoms with E-state index in [2.05, 4.69) is 45.1 Å². The molecule has 0 bridgehead atoms. The number of allylic oxidation sites excluding steroid dienone is 7. The summed E-state index contributed by atoms with van der Waals surface area (Å²) in [6.45, 7) is 10.6. The smallest absolute Gasteiger partial charge is 0.338 e. The molecule has 0 radical (unpaired) electrons. The molecule has 2 nitrogen and oxygen atoms in total. The fourth-order valence-corrected chi connectivity index (χ4v) is 2.35. The van der Waals surface area contributed by atoms with Gasteiger partial charge in [-0.1, -0.05) is 65.3 Å². The van der Waals surface area contributed by atoms with E-state index in [9.17, 15) is 4.79 Å². The van der Waals surface area contributed by atoms with Crippen molar-refractivity contribution in [3.63, 3.8) is 0 Å². The van der Waals surface area contributed by atoms with E-state index in [4.69, 9.17) is 4.74 Å². The number of ether oxygens (including phenoxy) is 1. The molecular weight excluding hydrogens is 308 g/mol. The van der Waals surface area contributed by atoms with Gasteiger partial charge in [0.25, 0.3) is 0 Å². The highest BCUT2D eigenvalue weighted by Gasteiger charge is 2.09. The van der Waals surface area contributed by atoms with E-state index >= 15 is 0 Å². The van der Waals surface area contributed by atoms with E-state index in [0.717, 1.165) is 24.0 Å². The third kappa shape index (κ3) is 8.35. The Balaban J connectivity index is 2.78. The van der Waals surface area contributed by atoms with Crippen LogP contribution in [0.2, 0.25) is 0 Å². The molecule has 0 unspecified atom stereocenters. The lowest BCUT2D eigenvalue weighted by Crippen LogP contribution is -2.06. The lowest BCUT2D eigenvalue weighted by Gasteiger charge is -2.05.